The number of pyridine rings is 1. The van der Waals surface area contributed by atoms with Crippen molar-refractivity contribution in [3.63, 3.8) is 0 Å². The number of nitrogens with zero attached hydrogens (tertiary/aromatic N) is 2. The molecule has 1 unspecified atom stereocenters. The third-order valence-corrected chi connectivity index (χ3v) is 5.57. The highest BCUT2D eigenvalue weighted by molar-refractivity contribution is 5.72. The van der Waals surface area contributed by atoms with E-state index in [1.165, 1.54) is 0 Å². The molecule has 31 heavy (non-hydrogen) atoms. The van der Waals surface area contributed by atoms with E-state index in [0.717, 1.165) is 46.5 Å². The number of amides is 2. The fourth-order valence-electron chi connectivity index (χ4n) is 3.98. The van der Waals surface area contributed by atoms with Gasteiger partial charge in [0.25, 0.3) is 0 Å². The Morgan fingerprint density at radius 3 is 2.77 bits per heavy atom. The monoisotopic (exact) mass is 424 g/mol. The second-order valence-corrected chi connectivity index (χ2v) is 7.50. The molecular weight excluding hydrogens is 396 g/mol. The molecule has 1 aromatic carbocycles. The summed E-state index contributed by atoms with van der Waals surface area (Å²) in [5, 5.41) is 13.1. The molecule has 0 fully saturated rings. The lowest BCUT2D eigenvalue weighted by molar-refractivity contribution is -0.143. The highest BCUT2D eigenvalue weighted by atomic mass is 16.5. The molecule has 0 radical (unpaired) electrons. The lowest BCUT2D eigenvalue weighted by Crippen LogP contribution is -2.33. The van der Waals surface area contributed by atoms with Crippen LogP contribution in [0.15, 0.2) is 47.7 Å². The summed E-state index contributed by atoms with van der Waals surface area (Å²) in [6.45, 7) is 4.56. The van der Waals surface area contributed by atoms with E-state index in [4.69, 9.17) is 14.9 Å². The van der Waals surface area contributed by atoms with Crippen molar-refractivity contribution >= 4 is 17.6 Å². The molecule has 2 aromatic rings. The van der Waals surface area contributed by atoms with Crippen molar-refractivity contribution in [1.82, 2.24) is 15.8 Å². The minimum atomic E-state index is -0.655. The summed E-state index contributed by atoms with van der Waals surface area (Å²) in [7, 11) is 0. The van der Waals surface area contributed by atoms with Crippen molar-refractivity contribution in [2.75, 3.05) is 6.61 Å². The maximum atomic E-state index is 11.7. The first-order chi connectivity index (χ1) is 15.0. The number of carbonyl (C=O) groups excluding carboxylic acids is 2. The second kappa shape index (κ2) is 10.2. The first-order valence-corrected chi connectivity index (χ1v) is 10.4. The third-order valence-electron chi connectivity index (χ3n) is 5.57. The van der Waals surface area contributed by atoms with Crippen molar-refractivity contribution in [1.29, 1.82) is 0 Å². The predicted molar refractivity (Wildman–Crippen MR) is 114 cm³/mol. The highest BCUT2D eigenvalue weighted by Gasteiger charge is 2.36. The highest BCUT2D eigenvalue weighted by Crippen LogP contribution is 2.39. The van der Waals surface area contributed by atoms with E-state index in [2.05, 4.69) is 17.2 Å². The van der Waals surface area contributed by atoms with E-state index in [0.29, 0.717) is 13.0 Å². The molecule has 1 aliphatic rings. The van der Waals surface area contributed by atoms with Crippen molar-refractivity contribution in [2.45, 2.75) is 51.6 Å². The molecule has 8 heteroatoms. The van der Waals surface area contributed by atoms with E-state index in [1.807, 2.05) is 43.5 Å². The van der Waals surface area contributed by atoms with Gasteiger partial charge in [-0.25, -0.2) is 10.3 Å². The number of hydrogen-bond acceptors (Lipinski definition) is 6. The van der Waals surface area contributed by atoms with Gasteiger partial charge in [-0.1, -0.05) is 12.1 Å². The number of hydrogen-bond donors (Lipinski definition) is 3. The Kier molecular flexibility index (Phi) is 7.36. The number of hydroxylamine groups is 1. The van der Waals surface area contributed by atoms with Gasteiger partial charge in [0, 0.05) is 36.1 Å². The summed E-state index contributed by atoms with van der Waals surface area (Å²) in [4.78, 5) is 32.4. The Morgan fingerprint density at radius 1 is 1.23 bits per heavy atom. The van der Waals surface area contributed by atoms with Crippen LogP contribution in [0.3, 0.4) is 0 Å². The van der Waals surface area contributed by atoms with Gasteiger partial charge in [0.1, 0.15) is 5.54 Å². The van der Waals surface area contributed by atoms with Crippen molar-refractivity contribution in [3.8, 4) is 0 Å². The summed E-state index contributed by atoms with van der Waals surface area (Å²) in [5.74, 6) is -0.172. The molecule has 1 aromatic heterocycles. The third kappa shape index (κ3) is 5.08. The fourth-order valence-corrected chi connectivity index (χ4v) is 3.98. The summed E-state index contributed by atoms with van der Waals surface area (Å²) >= 11 is 0. The van der Waals surface area contributed by atoms with E-state index < -0.39 is 11.6 Å². The Morgan fingerprint density at radius 2 is 2.06 bits per heavy atom. The molecule has 3 N–H and O–H groups in total. The number of carbonyl (C=O) groups is 2. The lowest BCUT2D eigenvalue weighted by Gasteiger charge is -2.29. The number of aromatic nitrogens is 1. The van der Waals surface area contributed by atoms with E-state index in [1.54, 1.807) is 11.7 Å². The number of urea groups is 1. The van der Waals surface area contributed by atoms with E-state index >= 15 is 0 Å². The zero-order chi connectivity index (χ0) is 22.3. The van der Waals surface area contributed by atoms with Gasteiger partial charge in [-0.15, -0.1) is 0 Å². The van der Waals surface area contributed by atoms with Gasteiger partial charge < -0.3 is 10.1 Å². The maximum Gasteiger partial charge on any atom is 0.338 e. The average Bonchev–Trinajstić information content (AvgIpc) is 3.08. The SMILES string of the molecule is CCOC(=O)CCCCC1(c2cccnc2)N=c2ccc(CNC(=O)NO)cc2=C1C. The molecule has 2 amide bonds. The molecule has 0 saturated carbocycles. The zero-order valence-corrected chi connectivity index (χ0v) is 17.9. The fraction of sp³-hybridized carbons (Fsp3) is 0.391. The van der Waals surface area contributed by atoms with E-state index in [-0.39, 0.29) is 12.5 Å². The van der Waals surface area contributed by atoms with Crippen molar-refractivity contribution < 1.29 is 19.5 Å². The largest absolute Gasteiger partial charge is 0.466 e. The molecule has 8 nitrogen and oxygen atoms in total. The summed E-state index contributed by atoms with van der Waals surface area (Å²) < 4.78 is 5.03. The average molecular weight is 425 g/mol. The zero-order valence-electron chi connectivity index (χ0n) is 17.9. The molecule has 0 aliphatic carbocycles. The molecule has 3 rings (SSSR count). The summed E-state index contributed by atoms with van der Waals surface area (Å²) in [5.41, 5.74) is 4.05. The Bertz CT molecular complexity index is 1050. The van der Waals surface area contributed by atoms with E-state index in [9.17, 15) is 9.59 Å². The van der Waals surface area contributed by atoms with Gasteiger partial charge >= 0.3 is 12.0 Å². The minimum absolute atomic E-state index is 0.172. The van der Waals surface area contributed by atoms with Crippen LogP contribution in [0, 0.1) is 0 Å². The normalized spacial score (nSPS) is 16.9. The number of nitrogens with one attached hydrogen (secondary N) is 2. The Hall–Kier alpha value is -3.26. The minimum Gasteiger partial charge on any atom is -0.466 e. The molecule has 0 spiro atoms. The molecule has 2 heterocycles. The molecule has 1 atom stereocenters. The molecule has 0 bridgehead atoms. The molecule has 0 saturated heterocycles. The van der Waals surface area contributed by atoms with Crippen LogP contribution in [-0.4, -0.2) is 28.8 Å². The number of unbranched alkanes of at least 4 members (excludes halogenated alkanes) is 1. The van der Waals surface area contributed by atoms with Crippen LogP contribution >= 0.6 is 0 Å². The molecular formula is C23H28N4O4. The van der Waals surface area contributed by atoms with Gasteiger partial charge in [0.15, 0.2) is 0 Å². The Balaban J connectivity index is 1.88. The van der Waals surface area contributed by atoms with Crippen molar-refractivity contribution in [3.05, 3.63) is 64.4 Å². The van der Waals surface area contributed by atoms with Crippen LogP contribution in [0.2, 0.25) is 0 Å². The Labute approximate surface area is 181 Å². The van der Waals surface area contributed by atoms with Crippen LogP contribution in [0.1, 0.15) is 50.7 Å². The molecule has 164 valence electrons. The van der Waals surface area contributed by atoms with Gasteiger partial charge in [-0.05, 0) is 62.4 Å². The molecule has 1 aliphatic heterocycles. The first kappa shape index (κ1) is 22.4. The maximum absolute atomic E-state index is 11.7. The number of benzene rings is 1. The summed E-state index contributed by atoms with van der Waals surface area (Å²) in [6.07, 6.45) is 6.27. The number of fused-ring (bicyclic) bond motifs is 1. The van der Waals surface area contributed by atoms with Crippen LogP contribution < -0.4 is 21.4 Å². The van der Waals surface area contributed by atoms with Crippen LogP contribution in [0.25, 0.3) is 5.57 Å². The van der Waals surface area contributed by atoms with Gasteiger partial charge in [-0.3, -0.25) is 20.0 Å². The van der Waals surface area contributed by atoms with Gasteiger partial charge in [0.05, 0.1) is 12.0 Å². The smallest absolute Gasteiger partial charge is 0.338 e. The predicted octanol–water partition coefficient (Wildman–Crippen LogP) is 2.09. The van der Waals surface area contributed by atoms with Crippen molar-refractivity contribution in [2.24, 2.45) is 4.99 Å². The lowest BCUT2D eigenvalue weighted by atomic mass is 9.80. The number of esters is 1. The summed E-state index contributed by atoms with van der Waals surface area (Å²) in [6, 6.07) is 9.16. The topological polar surface area (TPSA) is 113 Å². The quantitative estimate of drug-likeness (QED) is 0.247. The number of ether oxygens (including phenoxy) is 1. The van der Waals surface area contributed by atoms with Crippen LogP contribution in [-0.2, 0) is 21.6 Å². The van der Waals surface area contributed by atoms with Gasteiger partial charge in [0.2, 0.25) is 0 Å². The first-order valence-electron chi connectivity index (χ1n) is 10.4. The number of rotatable bonds is 9. The second-order valence-electron chi connectivity index (χ2n) is 7.50. The standard InChI is InChI=1S/C23H28N4O4/c1-3-31-21(28)8-4-5-11-23(18-7-6-12-24-15-18)16(2)19-13-17(9-10-20(19)26-23)14-25-22(29)27-30/h6-7,9-10,12-13,15,30H,3-5,8,11,14H2,1-2H3,(H2,25,27,29). The van der Waals surface area contributed by atoms with Crippen LogP contribution in [0.4, 0.5) is 4.79 Å². The van der Waals surface area contributed by atoms with Crippen LogP contribution in [0.5, 0.6) is 0 Å². The van der Waals surface area contributed by atoms with Gasteiger partial charge in [-0.2, -0.15) is 0 Å².